The molecule has 4 aliphatic rings. The third-order valence-electron chi connectivity index (χ3n) is 32.4. The number of rotatable bonds is 10. The molecule has 0 saturated heterocycles. The second-order valence-corrected chi connectivity index (χ2v) is 55.1. The van der Waals surface area contributed by atoms with Gasteiger partial charge in [-0.1, -0.05) is 387 Å². The van der Waals surface area contributed by atoms with E-state index in [1.165, 1.54) is 163 Å². The number of hydrogen-bond acceptors (Lipinski definition) is 7. The van der Waals surface area contributed by atoms with Gasteiger partial charge in [-0.15, -0.1) is 0 Å². The number of nitrogens with zero attached hydrogens (tertiary/aromatic N) is 10. The molecule has 14 heteroatoms. The summed E-state index contributed by atoms with van der Waals surface area (Å²) in [6.07, 6.45) is 0. The van der Waals surface area contributed by atoms with Crippen molar-refractivity contribution in [1.82, 2.24) is 48.2 Å². The largest absolute Gasteiger partial charge is 0.456 e. The summed E-state index contributed by atoms with van der Waals surface area (Å²) in [5, 5.41) is 20.1. The fourth-order valence-corrected chi connectivity index (χ4v) is 34.0. The van der Waals surface area contributed by atoms with E-state index in [0.717, 1.165) is 124 Å². The van der Waals surface area contributed by atoms with E-state index in [-0.39, 0.29) is 5.41 Å². The van der Waals surface area contributed by atoms with Crippen molar-refractivity contribution >= 4 is 165 Å². The Morgan fingerprint density at radius 1 is 0.208 bits per heavy atom. The molecule has 0 unspecified atom stereocenters. The highest BCUT2D eigenvalue weighted by Gasteiger charge is 2.46. The molecule has 31 rings (SSSR count). The molecule has 149 heavy (non-hydrogen) atoms. The summed E-state index contributed by atoms with van der Waals surface area (Å²) in [4.78, 5) is 32.7. The molecule has 8 aromatic heterocycles. The Kier molecular flexibility index (Phi) is 19.6. The van der Waals surface area contributed by atoms with Gasteiger partial charge in [0.15, 0.2) is 17.5 Å². The summed E-state index contributed by atoms with van der Waals surface area (Å²) < 4.78 is 16.0. The molecule has 3 aliphatic heterocycles. The lowest BCUT2D eigenvalue weighted by atomic mass is 9.82. The van der Waals surface area contributed by atoms with Crippen LogP contribution in [0.15, 0.2) is 453 Å². The molecular formula is C135H98N10OSi3. The second kappa shape index (κ2) is 33.3. The molecule has 0 fully saturated rings. The molecule has 0 amide bonds. The Bertz CT molecular complexity index is 10300. The van der Waals surface area contributed by atoms with Gasteiger partial charge in [-0.25, -0.2) is 29.9 Å². The third-order valence-corrected chi connectivity index (χ3v) is 42.4. The van der Waals surface area contributed by atoms with Gasteiger partial charge in [0.1, 0.15) is 35.4 Å². The smallest absolute Gasteiger partial charge is 0.161 e. The maximum Gasteiger partial charge on any atom is 0.161 e. The molecule has 11 nitrogen and oxygen atoms in total. The fraction of sp³-hybridized carbons (Fsp3) is 0.0667. The Hall–Kier alpha value is -17.9. The monoisotopic (exact) mass is 1960 g/mol. The molecule has 0 saturated carbocycles. The average molecular weight is 1960 g/mol. The van der Waals surface area contributed by atoms with Crippen molar-refractivity contribution in [3.05, 3.63) is 460 Å². The minimum Gasteiger partial charge on any atom is -0.456 e. The zero-order chi connectivity index (χ0) is 99.6. The van der Waals surface area contributed by atoms with Crippen LogP contribution in [-0.2, 0) is 5.41 Å². The van der Waals surface area contributed by atoms with Crippen LogP contribution in [0.4, 0.5) is 0 Å². The van der Waals surface area contributed by atoms with Crippen molar-refractivity contribution in [2.45, 2.75) is 58.5 Å². The number of benzene rings is 19. The summed E-state index contributed by atoms with van der Waals surface area (Å²) >= 11 is 0. The Balaban J connectivity index is 0.000000105. The molecule has 0 radical (unpaired) electrons. The SMILES string of the molecule is CC1(C)c2ccccc2-c2cc3c4ccccc4n(-c4cccc(-c5nc(-c6ccccc6)c6c(n5)[Si](C)(C)c5ccccc5-6)c4)c3cc21.C[Si]1(C)c2ccccc2-c2c(-c3ccccc3)nc(-c3cccc(-n4c5ccccc5c5cc6c7ccccc7n(-c7ccccc7)c6cc54)c3)nc21.C[Si]1(C)c2ccccc2-c2c(-c3ccccc3)nc(-c3ccccc3-n3c4ccccc4c4cc5c(cc43)oc3ccccc35)nc21. The van der Waals surface area contributed by atoms with Gasteiger partial charge >= 0.3 is 0 Å². The fourth-order valence-electron chi connectivity index (χ4n) is 25.3. The average Bonchev–Trinajstić information content (AvgIpc) is 1.56. The first-order valence-corrected chi connectivity index (χ1v) is 60.5. The van der Waals surface area contributed by atoms with E-state index in [4.69, 9.17) is 34.3 Å². The first-order chi connectivity index (χ1) is 73.0. The maximum atomic E-state index is 6.40. The van der Waals surface area contributed by atoms with E-state index in [1.807, 2.05) is 12.1 Å². The lowest BCUT2D eigenvalue weighted by Gasteiger charge is -2.21. The van der Waals surface area contributed by atoms with Crippen molar-refractivity contribution in [2.24, 2.45) is 0 Å². The minimum atomic E-state index is -2.10. The van der Waals surface area contributed by atoms with E-state index in [0.29, 0.717) is 0 Å². The van der Waals surface area contributed by atoms with Gasteiger partial charge in [0.25, 0.3) is 0 Å². The molecule has 0 atom stereocenters. The van der Waals surface area contributed by atoms with Gasteiger partial charge in [0.2, 0.25) is 0 Å². The van der Waals surface area contributed by atoms with Crippen LogP contribution in [0, 0.1) is 0 Å². The quantitative estimate of drug-likeness (QED) is 0.125. The van der Waals surface area contributed by atoms with Gasteiger partial charge in [-0.3, -0.25) is 0 Å². The highest BCUT2D eigenvalue weighted by atomic mass is 28.3. The van der Waals surface area contributed by atoms with Crippen LogP contribution in [0.2, 0.25) is 39.3 Å². The number of aromatic nitrogens is 10. The number of fused-ring (bicyclic) bond motifs is 27. The molecule has 1 aliphatic carbocycles. The molecule has 706 valence electrons. The zero-order valence-corrected chi connectivity index (χ0v) is 86.6. The van der Waals surface area contributed by atoms with Crippen molar-refractivity contribution < 1.29 is 4.42 Å². The summed E-state index contributed by atoms with van der Waals surface area (Å²) in [6.45, 7) is 19.2. The van der Waals surface area contributed by atoms with Gasteiger partial charge in [-0.2, -0.15) is 0 Å². The topological polar surface area (TPSA) is 110 Å². The van der Waals surface area contributed by atoms with E-state index in [1.54, 1.807) is 0 Å². The van der Waals surface area contributed by atoms with E-state index >= 15 is 0 Å². The Morgan fingerprint density at radius 3 is 1.02 bits per heavy atom. The van der Waals surface area contributed by atoms with Crippen LogP contribution in [0.3, 0.4) is 0 Å². The molecule has 19 aromatic carbocycles. The van der Waals surface area contributed by atoms with E-state index < -0.39 is 24.2 Å². The molecule has 0 bridgehead atoms. The van der Waals surface area contributed by atoms with Crippen LogP contribution in [0.25, 0.3) is 244 Å². The Labute approximate surface area is 864 Å². The van der Waals surface area contributed by atoms with Crippen LogP contribution >= 0.6 is 0 Å². The van der Waals surface area contributed by atoms with Crippen molar-refractivity contribution in [3.8, 4) is 135 Å². The normalized spacial score (nSPS) is 13.9. The standard InChI is InChI=1S/C48H34N4Si.C45H35N3Si.C42H29N3OSi/c1-53(2)44-27-14-11-24-37(44)45-46(31-16-5-3-6-17-31)49-47(50-48(45)53)32-18-15-21-34(28-32)52-41-26-13-10-23-36(41)39-29-38-35-22-9-12-25-40(35)51(42(38)30-43(39)52)33-19-7-4-8-20-33;1-45(2)36-22-11-8-19-31(36)34-26-35-32-20-9-12-23-38(32)48(39(35)27-37(34)45)30-18-14-17-29(25-30)43-46-42(28-15-6-5-7-16-28)41-33-21-10-13-24-40(33)49(3,4)44(41)47-43;1-47(2)38-23-13-9-19-30(38)39-40(26-14-4-3-5-15-26)43-41(44-42(39)47)29-18-7-11-21-34(29)45-33-20-10-6-16-27(33)31-24-32-28-17-8-12-22-36(28)46-37(32)25-35(31)45/h3-30H,1-2H3;5-27H,1-4H3;3-25H,1-2H3. The molecule has 0 N–H and O–H groups in total. The molecule has 27 aromatic rings. The lowest BCUT2D eigenvalue weighted by Crippen LogP contribution is -2.50. The molecular weight excluding hydrogens is 1860 g/mol. The number of furan rings is 1. The van der Waals surface area contributed by atoms with E-state index in [9.17, 15) is 0 Å². The van der Waals surface area contributed by atoms with Crippen LogP contribution in [0.5, 0.6) is 0 Å². The molecule has 0 spiro atoms. The highest BCUT2D eigenvalue weighted by Crippen LogP contribution is 2.53. The first kappa shape index (κ1) is 87.6. The van der Waals surface area contributed by atoms with Crippen LogP contribution < -0.4 is 31.5 Å². The predicted molar refractivity (Wildman–Crippen MR) is 627 cm³/mol. The second-order valence-electron chi connectivity index (χ2n) is 42.3. The first-order valence-electron chi connectivity index (χ1n) is 51.5. The van der Waals surface area contributed by atoms with Gasteiger partial charge in [0.05, 0.1) is 66.9 Å². The van der Waals surface area contributed by atoms with Gasteiger partial charge in [-0.05, 0) is 164 Å². The lowest BCUT2D eigenvalue weighted by molar-refractivity contribution is 0.661. The summed E-state index contributed by atoms with van der Waals surface area (Å²) in [6, 6.07) is 162. The Morgan fingerprint density at radius 2 is 0.544 bits per heavy atom. The van der Waals surface area contributed by atoms with Crippen LogP contribution in [0.1, 0.15) is 25.0 Å². The van der Waals surface area contributed by atoms with Crippen molar-refractivity contribution in [3.63, 3.8) is 0 Å². The molecule has 11 heterocycles. The number of hydrogen-bond donors (Lipinski definition) is 0. The van der Waals surface area contributed by atoms with Gasteiger partial charge in [0, 0.05) is 148 Å². The van der Waals surface area contributed by atoms with Crippen LogP contribution in [-0.4, -0.2) is 72.4 Å². The highest BCUT2D eigenvalue weighted by molar-refractivity contribution is 7.04. The third kappa shape index (κ3) is 13.3. The van der Waals surface area contributed by atoms with Crippen molar-refractivity contribution in [1.29, 1.82) is 0 Å². The minimum absolute atomic E-state index is 0.0797. The van der Waals surface area contributed by atoms with E-state index in [2.05, 4.69) is 508 Å². The maximum absolute atomic E-state index is 6.40. The van der Waals surface area contributed by atoms with Crippen molar-refractivity contribution in [2.75, 3.05) is 0 Å². The predicted octanol–water partition coefficient (Wildman–Crippen LogP) is 30.4. The summed E-state index contributed by atoms with van der Waals surface area (Å²) in [5.74, 6) is 2.30. The summed E-state index contributed by atoms with van der Waals surface area (Å²) in [7, 11) is -6.24. The number of para-hydroxylation sites is 7. The summed E-state index contributed by atoms with van der Waals surface area (Å²) in [5.41, 5.74) is 37.8. The zero-order valence-electron chi connectivity index (χ0n) is 83.6. The van der Waals surface area contributed by atoms with Gasteiger partial charge < -0.3 is 22.7 Å².